The Morgan fingerprint density at radius 1 is 1.07 bits per heavy atom. The van der Waals surface area contributed by atoms with E-state index >= 15 is 0 Å². The highest BCUT2D eigenvalue weighted by atomic mass is 15.2. The second-order valence-corrected chi connectivity index (χ2v) is 5.99. The second-order valence-electron chi connectivity index (χ2n) is 5.99. The molecule has 0 atom stereocenters. The van der Waals surface area contributed by atoms with Crippen molar-refractivity contribution in [1.29, 1.82) is 5.26 Å². The molecule has 0 aromatic heterocycles. The summed E-state index contributed by atoms with van der Waals surface area (Å²) in [7, 11) is 0. The zero-order valence-electron chi connectivity index (χ0n) is 19.8. The van der Waals surface area contributed by atoms with E-state index in [1.54, 1.807) is 0 Å². The molecule has 0 unspecified atom stereocenters. The second kappa shape index (κ2) is 19.0. The van der Waals surface area contributed by atoms with Crippen molar-refractivity contribution in [2.45, 2.75) is 73.4 Å². The summed E-state index contributed by atoms with van der Waals surface area (Å²) in [6, 6.07) is 13.0. The molecule has 0 amide bonds. The predicted molar refractivity (Wildman–Crippen MR) is 130 cm³/mol. The average Bonchev–Trinajstić information content (AvgIpc) is 2.80. The minimum atomic E-state index is -0.495. The van der Waals surface area contributed by atoms with Gasteiger partial charge in [-0.2, -0.15) is 5.26 Å². The number of rotatable bonds is 6. The van der Waals surface area contributed by atoms with Gasteiger partial charge in [0.05, 0.1) is 6.07 Å². The van der Waals surface area contributed by atoms with Crippen LogP contribution in [0.2, 0.25) is 0 Å². The number of benzene rings is 1. The van der Waals surface area contributed by atoms with Crippen LogP contribution in [-0.4, -0.2) is 23.5 Å². The highest BCUT2D eigenvalue weighted by molar-refractivity contribution is 5.24. The SMILES string of the molecule is C=C(/C=C\C=C/C)NC1(C#N)CCN(Cc2ccccc2)CC1.CC.CC.CC. The molecule has 0 bridgehead atoms. The Kier molecular flexibility index (Phi) is 19.0. The Balaban J connectivity index is 0. The zero-order chi connectivity index (χ0) is 22.5. The van der Waals surface area contributed by atoms with Crippen LogP contribution in [-0.2, 0) is 6.54 Å². The molecule has 0 saturated carbocycles. The van der Waals surface area contributed by atoms with Crippen LogP contribution in [0.25, 0.3) is 0 Å². The van der Waals surface area contributed by atoms with Gasteiger partial charge in [-0.1, -0.05) is 96.7 Å². The quantitative estimate of drug-likeness (QED) is 0.533. The van der Waals surface area contributed by atoms with Crippen LogP contribution < -0.4 is 5.32 Å². The van der Waals surface area contributed by atoms with Gasteiger partial charge >= 0.3 is 0 Å². The number of nitriles is 1. The fourth-order valence-electron chi connectivity index (χ4n) is 2.83. The third-order valence-corrected chi connectivity index (χ3v) is 4.17. The first-order valence-electron chi connectivity index (χ1n) is 11.1. The molecule has 0 spiro atoms. The Labute approximate surface area is 180 Å². The molecule has 162 valence electrons. The monoisotopic (exact) mass is 397 g/mol. The van der Waals surface area contributed by atoms with E-state index in [2.05, 4.69) is 47.1 Å². The number of nitrogens with zero attached hydrogens (tertiary/aromatic N) is 2. The van der Waals surface area contributed by atoms with Crippen molar-refractivity contribution in [2.24, 2.45) is 0 Å². The summed E-state index contributed by atoms with van der Waals surface area (Å²) >= 11 is 0. The van der Waals surface area contributed by atoms with Gasteiger partial charge in [-0.25, -0.2) is 0 Å². The molecule has 1 aliphatic rings. The smallest absolute Gasteiger partial charge is 0.127 e. The summed E-state index contributed by atoms with van der Waals surface area (Å²) in [6.45, 7) is 20.8. The van der Waals surface area contributed by atoms with Crippen molar-refractivity contribution < 1.29 is 0 Å². The van der Waals surface area contributed by atoms with E-state index in [9.17, 15) is 5.26 Å². The molecule has 1 heterocycles. The Hall–Kier alpha value is -2.31. The van der Waals surface area contributed by atoms with Crippen molar-refractivity contribution in [3.63, 3.8) is 0 Å². The minimum absolute atomic E-state index is 0.495. The first-order valence-corrected chi connectivity index (χ1v) is 11.1. The fraction of sp³-hybridized carbons (Fsp3) is 0.500. The van der Waals surface area contributed by atoms with Crippen molar-refractivity contribution in [3.05, 3.63) is 72.5 Å². The van der Waals surface area contributed by atoms with Crippen LogP contribution >= 0.6 is 0 Å². The van der Waals surface area contributed by atoms with E-state index in [0.717, 1.165) is 38.2 Å². The summed E-state index contributed by atoms with van der Waals surface area (Å²) in [6.07, 6.45) is 9.39. The largest absolute Gasteiger partial charge is 0.368 e. The number of hydrogen-bond acceptors (Lipinski definition) is 3. The highest BCUT2D eigenvalue weighted by Gasteiger charge is 2.34. The van der Waals surface area contributed by atoms with Gasteiger partial charge in [0.15, 0.2) is 0 Å². The summed E-state index contributed by atoms with van der Waals surface area (Å²) in [5.74, 6) is 0. The van der Waals surface area contributed by atoms with E-state index in [0.29, 0.717) is 0 Å². The van der Waals surface area contributed by atoms with Crippen LogP contribution in [0.3, 0.4) is 0 Å². The van der Waals surface area contributed by atoms with Gasteiger partial charge in [0.25, 0.3) is 0 Å². The molecule has 1 N–H and O–H groups in total. The van der Waals surface area contributed by atoms with Crippen LogP contribution in [0, 0.1) is 11.3 Å². The normalized spacial score (nSPS) is 15.0. The molecule has 1 saturated heterocycles. The highest BCUT2D eigenvalue weighted by Crippen LogP contribution is 2.24. The Bertz CT molecular complexity index is 601. The standard InChI is InChI=1S/C20H25N3.3C2H6/c1-3-4-6-9-18(2)22-20(17-21)12-14-23(15-13-20)16-19-10-7-5-8-11-19;3*1-2/h3-11,22H,2,12-16H2,1H3;3*1-2H3/b4-3-,9-6-;;;. The molecule has 1 aromatic rings. The first kappa shape index (κ1) is 28.9. The molecule has 3 nitrogen and oxygen atoms in total. The molecule has 1 fully saturated rings. The third kappa shape index (κ3) is 12.0. The van der Waals surface area contributed by atoms with E-state index < -0.39 is 5.54 Å². The van der Waals surface area contributed by atoms with E-state index in [1.165, 1.54) is 5.56 Å². The number of likely N-dealkylation sites (tertiary alicyclic amines) is 1. The molecular formula is C26H43N3. The molecule has 29 heavy (non-hydrogen) atoms. The summed E-state index contributed by atoms with van der Waals surface area (Å²) < 4.78 is 0. The topological polar surface area (TPSA) is 39.1 Å². The summed E-state index contributed by atoms with van der Waals surface area (Å²) in [5, 5.41) is 13.0. The fourth-order valence-corrected chi connectivity index (χ4v) is 2.83. The van der Waals surface area contributed by atoms with E-state index in [-0.39, 0.29) is 0 Å². The molecule has 1 aromatic carbocycles. The van der Waals surface area contributed by atoms with Crippen LogP contribution in [0.4, 0.5) is 0 Å². The molecule has 0 aliphatic carbocycles. The molecule has 3 heteroatoms. The number of hydrogen-bond donors (Lipinski definition) is 1. The molecule has 2 rings (SSSR count). The maximum absolute atomic E-state index is 9.63. The Morgan fingerprint density at radius 3 is 2.10 bits per heavy atom. The van der Waals surface area contributed by atoms with Gasteiger partial charge in [0.1, 0.15) is 5.54 Å². The maximum Gasteiger partial charge on any atom is 0.127 e. The van der Waals surface area contributed by atoms with Gasteiger partial charge < -0.3 is 5.32 Å². The van der Waals surface area contributed by atoms with Crippen LogP contribution in [0.1, 0.15) is 66.9 Å². The van der Waals surface area contributed by atoms with Crippen molar-refractivity contribution in [3.8, 4) is 6.07 Å². The first-order chi connectivity index (χ1) is 14.2. The van der Waals surface area contributed by atoms with Crippen molar-refractivity contribution >= 4 is 0 Å². The van der Waals surface area contributed by atoms with Gasteiger partial charge in [0.2, 0.25) is 0 Å². The molecular weight excluding hydrogens is 354 g/mol. The number of allylic oxidation sites excluding steroid dienone is 4. The van der Waals surface area contributed by atoms with Crippen LogP contribution in [0.15, 0.2) is 66.9 Å². The van der Waals surface area contributed by atoms with Gasteiger partial charge in [-0.05, 0) is 31.4 Å². The lowest BCUT2D eigenvalue weighted by Crippen LogP contribution is -2.51. The summed E-state index contributed by atoms with van der Waals surface area (Å²) in [4.78, 5) is 2.41. The van der Waals surface area contributed by atoms with Gasteiger partial charge in [0, 0.05) is 25.3 Å². The lowest BCUT2D eigenvalue weighted by molar-refractivity contribution is 0.167. The van der Waals surface area contributed by atoms with Crippen LogP contribution in [0.5, 0.6) is 0 Å². The predicted octanol–water partition coefficient (Wildman–Crippen LogP) is 6.86. The van der Waals surface area contributed by atoms with Crippen molar-refractivity contribution in [1.82, 2.24) is 10.2 Å². The zero-order valence-corrected chi connectivity index (χ0v) is 19.8. The Morgan fingerprint density at radius 2 is 1.62 bits per heavy atom. The molecule has 1 aliphatic heterocycles. The summed E-state index contributed by atoms with van der Waals surface area (Å²) in [5.41, 5.74) is 1.62. The lowest BCUT2D eigenvalue weighted by atomic mass is 9.88. The van der Waals surface area contributed by atoms with E-state index in [4.69, 9.17) is 0 Å². The third-order valence-electron chi connectivity index (χ3n) is 4.17. The van der Waals surface area contributed by atoms with Crippen molar-refractivity contribution in [2.75, 3.05) is 13.1 Å². The average molecular weight is 398 g/mol. The minimum Gasteiger partial charge on any atom is -0.368 e. The van der Waals surface area contributed by atoms with Gasteiger partial charge in [-0.15, -0.1) is 0 Å². The maximum atomic E-state index is 9.63. The number of nitrogens with one attached hydrogen (secondary N) is 1. The number of piperidine rings is 1. The van der Waals surface area contributed by atoms with Gasteiger partial charge in [-0.3, -0.25) is 4.90 Å². The molecule has 0 radical (unpaired) electrons. The van der Waals surface area contributed by atoms with E-state index in [1.807, 2.05) is 78.8 Å². The lowest BCUT2D eigenvalue weighted by Gasteiger charge is -2.38.